The monoisotopic (exact) mass is 418 g/mol. The second kappa shape index (κ2) is 7.46. The van der Waals surface area contributed by atoms with Crippen LogP contribution in [0.15, 0.2) is 42.5 Å². The van der Waals surface area contributed by atoms with E-state index in [9.17, 15) is 14.4 Å². The molecule has 0 fully saturated rings. The third-order valence-corrected chi connectivity index (χ3v) is 5.97. The smallest absolute Gasteiger partial charge is 0.254 e. The van der Waals surface area contributed by atoms with Crippen molar-refractivity contribution >= 4 is 34.3 Å². The van der Waals surface area contributed by atoms with Crippen LogP contribution in [0.5, 0.6) is 5.75 Å². The molecule has 1 aromatic heterocycles. The van der Waals surface area contributed by atoms with Gasteiger partial charge < -0.3 is 25.3 Å². The van der Waals surface area contributed by atoms with E-state index < -0.39 is 6.04 Å². The first-order chi connectivity index (χ1) is 15.0. The van der Waals surface area contributed by atoms with Crippen LogP contribution in [-0.4, -0.2) is 47.3 Å². The Balaban J connectivity index is 1.34. The maximum Gasteiger partial charge on any atom is 0.254 e. The van der Waals surface area contributed by atoms with Crippen molar-refractivity contribution in [1.29, 1.82) is 0 Å². The zero-order valence-corrected chi connectivity index (χ0v) is 17.0. The molecule has 0 bridgehead atoms. The number of benzene rings is 2. The van der Waals surface area contributed by atoms with Crippen LogP contribution in [0.25, 0.3) is 10.9 Å². The molecule has 3 N–H and O–H groups in total. The van der Waals surface area contributed by atoms with Gasteiger partial charge in [0.25, 0.3) is 5.91 Å². The first-order valence-corrected chi connectivity index (χ1v) is 10.2. The number of nitrogens with zero attached hydrogens (tertiary/aromatic N) is 1. The highest BCUT2D eigenvalue weighted by atomic mass is 16.5. The molecule has 8 nitrogen and oxygen atoms in total. The lowest BCUT2D eigenvalue weighted by atomic mass is 10.0. The largest absolute Gasteiger partial charge is 0.497 e. The molecule has 31 heavy (non-hydrogen) atoms. The van der Waals surface area contributed by atoms with Gasteiger partial charge in [0.2, 0.25) is 11.8 Å². The molecular weight excluding hydrogens is 396 g/mol. The predicted molar refractivity (Wildman–Crippen MR) is 115 cm³/mol. The van der Waals surface area contributed by atoms with Gasteiger partial charge in [-0.15, -0.1) is 0 Å². The lowest BCUT2D eigenvalue weighted by Crippen LogP contribution is -2.46. The number of carbonyl (C=O) groups excluding carboxylic acids is 3. The fourth-order valence-electron chi connectivity index (χ4n) is 4.29. The minimum Gasteiger partial charge on any atom is -0.497 e. The Hall–Kier alpha value is -3.81. The molecule has 2 aliphatic rings. The maximum atomic E-state index is 13.1. The van der Waals surface area contributed by atoms with Crippen molar-refractivity contribution in [2.24, 2.45) is 0 Å². The average molecular weight is 418 g/mol. The quantitative estimate of drug-likeness (QED) is 0.607. The molecule has 5 rings (SSSR count). The number of rotatable bonds is 3. The van der Waals surface area contributed by atoms with Gasteiger partial charge in [-0.05, 0) is 30.3 Å². The van der Waals surface area contributed by atoms with Crippen LogP contribution in [0, 0.1) is 0 Å². The summed E-state index contributed by atoms with van der Waals surface area (Å²) in [5.74, 6) is -0.165. The first-order valence-electron chi connectivity index (χ1n) is 10.2. The van der Waals surface area contributed by atoms with Gasteiger partial charge >= 0.3 is 0 Å². The van der Waals surface area contributed by atoms with Crippen molar-refractivity contribution < 1.29 is 19.1 Å². The van der Waals surface area contributed by atoms with Crippen molar-refractivity contribution in [1.82, 2.24) is 15.2 Å². The molecule has 3 amide bonds. The van der Waals surface area contributed by atoms with Crippen LogP contribution in [0.2, 0.25) is 0 Å². The van der Waals surface area contributed by atoms with E-state index >= 15 is 0 Å². The second-order valence-corrected chi connectivity index (χ2v) is 7.82. The number of H-pyrrole nitrogens is 1. The number of para-hydroxylation sites is 1. The molecule has 0 saturated heterocycles. The van der Waals surface area contributed by atoms with Crippen LogP contribution in [0.3, 0.4) is 0 Å². The van der Waals surface area contributed by atoms with Crippen molar-refractivity contribution in [3.05, 3.63) is 59.3 Å². The highest BCUT2D eigenvalue weighted by Crippen LogP contribution is 2.31. The summed E-state index contributed by atoms with van der Waals surface area (Å²) in [5, 5.41) is 6.47. The van der Waals surface area contributed by atoms with Gasteiger partial charge in [-0.1, -0.05) is 12.1 Å². The van der Waals surface area contributed by atoms with Crippen LogP contribution in [-0.2, 0) is 22.6 Å². The van der Waals surface area contributed by atoms with Crippen LogP contribution in [0.1, 0.15) is 28.0 Å². The third-order valence-electron chi connectivity index (χ3n) is 5.97. The molecule has 2 aliphatic heterocycles. The van der Waals surface area contributed by atoms with Gasteiger partial charge in [-0.2, -0.15) is 0 Å². The Kier molecular flexibility index (Phi) is 4.62. The van der Waals surface area contributed by atoms with Gasteiger partial charge in [0, 0.05) is 41.7 Å². The number of ether oxygens (including phenoxy) is 1. The lowest BCUT2D eigenvalue weighted by molar-refractivity contribution is -0.134. The Bertz CT molecular complexity index is 1220. The lowest BCUT2D eigenvalue weighted by Gasteiger charge is -2.28. The van der Waals surface area contributed by atoms with E-state index in [-0.39, 0.29) is 24.1 Å². The number of aromatic nitrogens is 1. The number of anilines is 1. The van der Waals surface area contributed by atoms with Gasteiger partial charge in [0.05, 0.1) is 24.8 Å². The molecule has 0 aliphatic carbocycles. The number of hydrogen-bond acceptors (Lipinski definition) is 4. The summed E-state index contributed by atoms with van der Waals surface area (Å²) in [6, 6.07) is 11.7. The Morgan fingerprint density at radius 3 is 2.87 bits per heavy atom. The molecule has 2 aromatic carbocycles. The normalized spacial score (nSPS) is 18.0. The minimum absolute atomic E-state index is 0.0907. The average Bonchev–Trinajstić information content (AvgIpc) is 3.10. The summed E-state index contributed by atoms with van der Waals surface area (Å²) in [4.78, 5) is 43.4. The standard InChI is InChI=1S/C23H22N4O4/c1-31-13-6-7-18-15(10-13)16-12-27(9-8-19(16)24-18)21(28)11-20-23(30)25-17-5-3-2-4-14(17)22(29)26-20/h2-7,10,20,24H,8-9,11-12H2,1H3,(H,25,30)(H,26,29)/t20-/m0/s1. The number of hydrogen-bond donors (Lipinski definition) is 3. The SMILES string of the molecule is COc1ccc2[nH]c3c(c2c1)CN(C(=O)C[C@@H]1NC(=O)c2ccccc2NC1=O)CC3. The van der Waals surface area contributed by atoms with E-state index in [1.165, 1.54) is 0 Å². The number of aromatic amines is 1. The van der Waals surface area contributed by atoms with E-state index in [1.807, 2.05) is 18.2 Å². The summed E-state index contributed by atoms with van der Waals surface area (Å²) < 4.78 is 5.34. The van der Waals surface area contributed by atoms with Crippen molar-refractivity contribution in [3.63, 3.8) is 0 Å². The van der Waals surface area contributed by atoms with Crippen LogP contribution < -0.4 is 15.4 Å². The Labute approximate surface area is 178 Å². The molecule has 8 heteroatoms. The summed E-state index contributed by atoms with van der Waals surface area (Å²) in [5.41, 5.74) is 4.03. The topological polar surface area (TPSA) is 104 Å². The fraction of sp³-hybridized carbons (Fsp3) is 0.261. The molecule has 1 atom stereocenters. The second-order valence-electron chi connectivity index (χ2n) is 7.82. The van der Waals surface area contributed by atoms with E-state index in [0.717, 1.165) is 27.9 Å². The zero-order chi connectivity index (χ0) is 21.5. The van der Waals surface area contributed by atoms with E-state index in [1.54, 1.807) is 36.3 Å². The third kappa shape index (κ3) is 3.39. The van der Waals surface area contributed by atoms with E-state index in [4.69, 9.17) is 4.74 Å². The number of methoxy groups -OCH3 is 1. The number of fused-ring (bicyclic) bond motifs is 4. The molecule has 0 saturated carbocycles. The highest BCUT2D eigenvalue weighted by molar-refractivity contribution is 6.10. The molecule has 0 radical (unpaired) electrons. The maximum absolute atomic E-state index is 13.1. The van der Waals surface area contributed by atoms with E-state index in [2.05, 4.69) is 15.6 Å². The summed E-state index contributed by atoms with van der Waals surface area (Å²) in [6.07, 6.45) is 0.610. The molecule has 3 heterocycles. The zero-order valence-electron chi connectivity index (χ0n) is 17.0. The highest BCUT2D eigenvalue weighted by Gasteiger charge is 2.32. The van der Waals surface area contributed by atoms with Crippen LogP contribution >= 0.6 is 0 Å². The van der Waals surface area contributed by atoms with Crippen LogP contribution in [0.4, 0.5) is 5.69 Å². The summed E-state index contributed by atoms with van der Waals surface area (Å²) in [6.45, 7) is 1.00. The molecule has 158 valence electrons. The predicted octanol–water partition coefficient (Wildman–Crippen LogP) is 2.20. The minimum atomic E-state index is -0.920. The number of amides is 3. The Morgan fingerprint density at radius 1 is 1.19 bits per heavy atom. The summed E-state index contributed by atoms with van der Waals surface area (Å²) in [7, 11) is 1.63. The van der Waals surface area contributed by atoms with E-state index in [0.29, 0.717) is 30.8 Å². The fourth-order valence-corrected chi connectivity index (χ4v) is 4.29. The van der Waals surface area contributed by atoms with Crippen molar-refractivity contribution in [2.45, 2.75) is 25.4 Å². The van der Waals surface area contributed by atoms with Gasteiger partial charge in [0.1, 0.15) is 11.8 Å². The Morgan fingerprint density at radius 2 is 2.03 bits per heavy atom. The van der Waals surface area contributed by atoms with Crippen molar-refractivity contribution in [3.8, 4) is 5.75 Å². The van der Waals surface area contributed by atoms with Gasteiger partial charge in [-0.3, -0.25) is 14.4 Å². The molecule has 0 spiro atoms. The molecule has 3 aromatic rings. The number of carbonyl (C=O) groups is 3. The first kappa shape index (κ1) is 19.2. The van der Waals surface area contributed by atoms with Crippen molar-refractivity contribution in [2.75, 3.05) is 19.0 Å². The molecule has 0 unspecified atom stereocenters. The van der Waals surface area contributed by atoms with Gasteiger partial charge in [-0.25, -0.2) is 0 Å². The summed E-state index contributed by atoms with van der Waals surface area (Å²) >= 11 is 0. The molecular formula is C23H22N4O4. The number of nitrogens with one attached hydrogen (secondary N) is 3. The van der Waals surface area contributed by atoms with Gasteiger partial charge in [0.15, 0.2) is 0 Å².